The molecule has 0 spiro atoms. The molecule has 18 heavy (non-hydrogen) atoms. The van der Waals surface area contributed by atoms with Crippen LogP contribution in [0.25, 0.3) is 0 Å². The largest absolute Gasteiger partial charge is 0.416 e. The highest BCUT2D eigenvalue weighted by atomic mass is 19.4. The van der Waals surface area contributed by atoms with Gasteiger partial charge in [0.1, 0.15) is 0 Å². The zero-order valence-corrected chi connectivity index (χ0v) is 9.58. The molecular formula is C11H13F3N2O2. The van der Waals surface area contributed by atoms with Crippen molar-refractivity contribution >= 4 is 17.3 Å². The van der Waals surface area contributed by atoms with Gasteiger partial charge in [-0.05, 0) is 24.3 Å². The summed E-state index contributed by atoms with van der Waals surface area (Å²) in [6, 6.07) is 6.11. The maximum absolute atomic E-state index is 12.0. The number of aliphatic hydroxyl groups excluding tert-OH is 1. The molecule has 1 atom stereocenters. The second-order valence-corrected chi connectivity index (χ2v) is 3.70. The van der Waals surface area contributed by atoms with Gasteiger partial charge in [-0.1, -0.05) is 0 Å². The number of hydrogen-bond acceptors (Lipinski definition) is 3. The van der Waals surface area contributed by atoms with Gasteiger partial charge in [0.05, 0.1) is 0 Å². The first kappa shape index (κ1) is 14.3. The predicted molar refractivity (Wildman–Crippen MR) is 61.3 cm³/mol. The molecule has 0 aromatic heterocycles. The van der Waals surface area contributed by atoms with Crippen LogP contribution in [-0.2, 0) is 4.79 Å². The van der Waals surface area contributed by atoms with Gasteiger partial charge in [-0.2, -0.15) is 13.2 Å². The van der Waals surface area contributed by atoms with E-state index in [4.69, 9.17) is 5.11 Å². The number of alkyl halides is 3. The third-order valence-corrected chi connectivity index (χ3v) is 2.08. The lowest BCUT2D eigenvalue weighted by Gasteiger charge is -2.15. The number of amides is 1. The van der Waals surface area contributed by atoms with Crippen LogP contribution in [0.5, 0.6) is 0 Å². The van der Waals surface area contributed by atoms with Crippen molar-refractivity contribution < 1.29 is 23.1 Å². The fraction of sp³-hybridized carbons (Fsp3) is 0.364. The fourth-order valence-electron chi connectivity index (χ4n) is 1.20. The van der Waals surface area contributed by atoms with E-state index in [1.807, 2.05) is 0 Å². The highest BCUT2D eigenvalue weighted by molar-refractivity contribution is 5.88. The minimum Gasteiger partial charge on any atom is -0.382 e. The van der Waals surface area contributed by atoms with Gasteiger partial charge in [0.25, 0.3) is 0 Å². The molecule has 0 saturated carbocycles. The van der Waals surface area contributed by atoms with Crippen molar-refractivity contribution in [1.29, 1.82) is 0 Å². The summed E-state index contributed by atoms with van der Waals surface area (Å²) in [6.45, 7) is 0.731. The smallest absolute Gasteiger partial charge is 0.382 e. The Bertz CT molecular complexity index is 404. The second-order valence-electron chi connectivity index (χ2n) is 3.70. The van der Waals surface area contributed by atoms with Crippen molar-refractivity contribution in [3.05, 3.63) is 24.3 Å². The molecule has 4 nitrogen and oxygen atoms in total. The van der Waals surface area contributed by atoms with E-state index in [0.717, 1.165) is 0 Å². The second kappa shape index (κ2) is 5.72. The Morgan fingerprint density at radius 2 is 1.78 bits per heavy atom. The number of nitrogens with one attached hydrogen (secondary N) is 2. The standard InChI is InChI=1S/C11H13F3N2O2/c1-7(17)16-9-4-2-8(3-5-9)15-6-10(18)11(12,13)14/h2-5,10,15,18H,6H2,1H3,(H,16,17). The van der Waals surface area contributed by atoms with E-state index >= 15 is 0 Å². The number of halogens is 3. The molecule has 100 valence electrons. The summed E-state index contributed by atoms with van der Waals surface area (Å²) < 4.78 is 36.1. The molecule has 3 N–H and O–H groups in total. The highest BCUT2D eigenvalue weighted by Gasteiger charge is 2.37. The molecule has 1 aromatic rings. The minimum absolute atomic E-state index is 0.233. The summed E-state index contributed by atoms with van der Waals surface area (Å²) in [5, 5.41) is 13.7. The van der Waals surface area contributed by atoms with Gasteiger partial charge >= 0.3 is 6.18 Å². The SMILES string of the molecule is CC(=O)Nc1ccc(NCC(O)C(F)(F)F)cc1. The van der Waals surface area contributed by atoms with E-state index in [1.54, 1.807) is 12.1 Å². The molecule has 1 unspecified atom stereocenters. The number of rotatable bonds is 4. The van der Waals surface area contributed by atoms with Crippen LogP contribution in [0, 0.1) is 0 Å². The van der Waals surface area contributed by atoms with Gasteiger partial charge < -0.3 is 15.7 Å². The van der Waals surface area contributed by atoms with Gasteiger partial charge in [0.15, 0.2) is 6.10 Å². The fourth-order valence-corrected chi connectivity index (χ4v) is 1.20. The monoisotopic (exact) mass is 262 g/mol. The number of aliphatic hydroxyl groups is 1. The third-order valence-electron chi connectivity index (χ3n) is 2.08. The molecule has 0 aliphatic carbocycles. The molecule has 1 rings (SSSR count). The van der Waals surface area contributed by atoms with Crippen molar-refractivity contribution in [2.24, 2.45) is 0 Å². The molecule has 0 heterocycles. The Morgan fingerprint density at radius 1 is 1.28 bits per heavy atom. The summed E-state index contributed by atoms with van der Waals surface area (Å²) in [5.41, 5.74) is 0.969. The summed E-state index contributed by atoms with van der Waals surface area (Å²) in [4.78, 5) is 10.7. The lowest BCUT2D eigenvalue weighted by atomic mass is 10.2. The lowest BCUT2D eigenvalue weighted by molar-refractivity contribution is -0.198. The van der Waals surface area contributed by atoms with Gasteiger partial charge in [0.2, 0.25) is 5.91 Å². The Hall–Kier alpha value is -1.76. The van der Waals surface area contributed by atoms with Crippen molar-refractivity contribution in [2.75, 3.05) is 17.2 Å². The highest BCUT2D eigenvalue weighted by Crippen LogP contribution is 2.21. The average molecular weight is 262 g/mol. The number of carbonyl (C=O) groups excluding carboxylic acids is 1. The van der Waals surface area contributed by atoms with Gasteiger partial charge in [-0.15, -0.1) is 0 Å². The summed E-state index contributed by atoms with van der Waals surface area (Å²) in [5.74, 6) is -0.233. The number of hydrogen-bond donors (Lipinski definition) is 3. The molecular weight excluding hydrogens is 249 g/mol. The lowest BCUT2D eigenvalue weighted by Crippen LogP contribution is -2.34. The van der Waals surface area contributed by atoms with Crippen LogP contribution >= 0.6 is 0 Å². The molecule has 1 amide bonds. The van der Waals surface area contributed by atoms with Crippen LogP contribution in [-0.4, -0.2) is 29.8 Å². The van der Waals surface area contributed by atoms with E-state index in [-0.39, 0.29) is 5.91 Å². The zero-order valence-electron chi connectivity index (χ0n) is 9.58. The van der Waals surface area contributed by atoms with E-state index in [9.17, 15) is 18.0 Å². The van der Waals surface area contributed by atoms with Crippen LogP contribution in [0.4, 0.5) is 24.5 Å². The van der Waals surface area contributed by atoms with Gasteiger partial charge in [-0.25, -0.2) is 0 Å². The Kier molecular flexibility index (Phi) is 4.55. The summed E-state index contributed by atoms with van der Waals surface area (Å²) >= 11 is 0. The molecule has 1 aromatic carbocycles. The first-order chi connectivity index (χ1) is 8.29. The molecule has 7 heteroatoms. The van der Waals surface area contributed by atoms with Gasteiger partial charge in [0, 0.05) is 24.8 Å². The van der Waals surface area contributed by atoms with E-state index in [0.29, 0.717) is 11.4 Å². The van der Waals surface area contributed by atoms with Crippen molar-refractivity contribution in [2.45, 2.75) is 19.2 Å². The molecule has 0 saturated heterocycles. The first-order valence-corrected chi connectivity index (χ1v) is 5.15. The maximum Gasteiger partial charge on any atom is 0.416 e. The van der Waals surface area contributed by atoms with E-state index < -0.39 is 18.8 Å². The Labute approximate surface area is 102 Å². The summed E-state index contributed by atoms with van der Waals surface area (Å²) in [7, 11) is 0. The summed E-state index contributed by atoms with van der Waals surface area (Å²) in [6.07, 6.45) is -7.05. The molecule has 0 bridgehead atoms. The van der Waals surface area contributed by atoms with Crippen LogP contribution in [0.15, 0.2) is 24.3 Å². The van der Waals surface area contributed by atoms with E-state index in [2.05, 4.69) is 10.6 Å². The van der Waals surface area contributed by atoms with Crippen molar-refractivity contribution in [3.8, 4) is 0 Å². The topological polar surface area (TPSA) is 61.4 Å². The van der Waals surface area contributed by atoms with Crippen molar-refractivity contribution in [1.82, 2.24) is 0 Å². The van der Waals surface area contributed by atoms with Crippen LogP contribution < -0.4 is 10.6 Å². The first-order valence-electron chi connectivity index (χ1n) is 5.15. The Morgan fingerprint density at radius 3 is 2.22 bits per heavy atom. The maximum atomic E-state index is 12.0. The Balaban J connectivity index is 2.51. The normalized spacial score (nSPS) is 12.9. The zero-order chi connectivity index (χ0) is 13.8. The van der Waals surface area contributed by atoms with Crippen molar-refractivity contribution in [3.63, 3.8) is 0 Å². The van der Waals surface area contributed by atoms with Crippen LogP contribution in [0.1, 0.15) is 6.92 Å². The average Bonchev–Trinajstić information content (AvgIpc) is 2.25. The van der Waals surface area contributed by atoms with Crippen LogP contribution in [0.2, 0.25) is 0 Å². The number of anilines is 2. The molecule has 0 radical (unpaired) electrons. The van der Waals surface area contributed by atoms with Gasteiger partial charge in [-0.3, -0.25) is 4.79 Å². The molecule has 0 aliphatic rings. The number of benzene rings is 1. The van der Waals surface area contributed by atoms with Crippen LogP contribution in [0.3, 0.4) is 0 Å². The predicted octanol–water partition coefficient (Wildman–Crippen LogP) is 1.98. The molecule has 0 aliphatic heterocycles. The minimum atomic E-state index is -4.64. The quantitative estimate of drug-likeness (QED) is 0.777. The molecule has 0 fully saturated rings. The number of carbonyl (C=O) groups is 1. The third kappa shape index (κ3) is 4.62. The van der Waals surface area contributed by atoms with E-state index in [1.165, 1.54) is 19.1 Å².